The average molecular weight is 845 g/mol. The van der Waals surface area contributed by atoms with E-state index in [9.17, 15) is 23.6 Å². The van der Waals surface area contributed by atoms with Crippen LogP contribution in [0.25, 0.3) is 0 Å². The van der Waals surface area contributed by atoms with Crippen molar-refractivity contribution in [1.82, 2.24) is 21.3 Å². The van der Waals surface area contributed by atoms with Gasteiger partial charge in [-0.2, -0.15) is 0 Å². The van der Waals surface area contributed by atoms with Crippen LogP contribution in [0.3, 0.4) is 0 Å². The van der Waals surface area contributed by atoms with Crippen molar-refractivity contribution in [1.29, 1.82) is 0 Å². The van der Waals surface area contributed by atoms with Crippen molar-refractivity contribution in [3.05, 3.63) is 24.3 Å². The number of hydrogen-bond donors (Lipinski definition) is 4. The summed E-state index contributed by atoms with van der Waals surface area (Å²) in [6.07, 6.45) is 21.0. The Hall–Kier alpha value is -3.39. The number of ether oxygens (including phenoxy) is 2. The van der Waals surface area contributed by atoms with Crippen molar-refractivity contribution in [3.63, 3.8) is 0 Å². The van der Waals surface area contributed by atoms with Gasteiger partial charge in [-0.05, 0) is 172 Å². The maximum Gasteiger partial charge on any atom is 0.407 e. The van der Waals surface area contributed by atoms with Crippen LogP contribution in [0.1, 0.15) is 187 Å². The van der Waals surface area contributed by atoms with Crippen molar-refractivity contribution in [2.75, 3.05) is 6.61 Å². The molecule has 1 fully saturated rings. The summed E-state index contributed by atoms with van der Waals surface area (Å²) in [6, 6.07) is 0. The van der Waals surface area contributed by atoms with Gasteiger partial charge in [0.2, 0.25) is 17.7 Å². The van der Waals surface area contributed by atoms with Crippen molar-refractivity contribution in [2.45, 2.75) is 227 Å². The monoisotopic (exact) mass is 845 g/mol. The molecular weight excluding hydrogens is 760 g/mol. The molecule has 4 N–H and O–H groups in total. The normalized spacial score (nSPS) is 25.4. The number of alkyl carbamates (subject to hydrolysis) is 1. The molecule has 0 aromatic rings. The second kappa shape index (κ2) is 25.5. The van der Waals surface area contributed by atoms with Gasteiger partial charge in [0.15, 0.2) is 5.67 Å². The first kappa shape index (κ1) is 54.6. The van der Waals surface area contributed by atoms with E-state index in [-0.39, 0.29) is 70.7 Å². The second-order valence-corrected chi connectivity index (χ2v) is 21.2. The highest BCUT2D eigenvalue weighted by Gasteiger charge is 2.40. The van der Waals surface area contributed by atoms with Gasteiger partial charge in [-0.15, -0.1) is 0 Å². The zero-order valence-corrected chi connectivity index (χ0v) is 40.1. The van der Waals surface area contributed by atoms with Crippen LogP contribution in [0.4, 0.5) is 9.18 Å². The number of halogens is 1. The lowest BCUT2D eigenvalue weighted by atomic mass is 9.92. The summed E-state index contributed by atoms with van der Waals surface area (Å²) in [6.45, 7) is 27.3. The van der Waals surface area contributed by atoms with E-state index in [2.05, 4.69) is 64.3 Å². The molecule has 0 aromatic carbocycles. The summed E-state index contributed by atoms with van der Waals surface area (Å²) in [5, 5.41) is 11.6. The molecule has 6 atom stereocenters. The number of fused-ring (bicyclic) bond motifs is 2. The van der Waals surface area contributed by atoms with Gasteiger partial charge >= 0.3 is 6.09 Å². The molecular formula is C49H85FN4O6. The topological polar surface area (TPSA) is 135 Å². The highest BCUT2D eigenvalue weighted by atomic mass is 19.1. The predicted octanol–water partition coefficient (Wildman–Crippen LogP) is 10.2. The minimum Gasteiger partial charge on any atom is -0.446 e. The number of nitrogens with one attached hydrogen (secondary N) is 4. The Morgan fingerprint density at radius 1 is 0.733 bits per heavy atom. The van der Waals surface area contributed by atoms with Crippen molar-refractivity contribution < 1.29 is 33.0 Å². The summed E-state index contributed by atoms with van der Waals surface area (Å²) in [7, 11) is 0. The quantitative estimate of drug-likeness (QED) is 0.142. The van der Waals surface area contributed by atoms with E-state index in [0.29, 0.717) is 37.5 Å². The lowest BCUT2D eigenvalue weighted by Crippen LogP contribution is -2.44. The summed E-state index contributed by atoms with van der Waals surface area (Å²) in [5.74, 6) is 7.16. The number of amides is 4. The first-order valence-corrected chi connectivity index (χ1v) is 22.6. The third kappa shape index (κ3) is 28.2. The van der Waals surface area contributed by atoms with Gasteiger partial charge < -0.3 is 30.7 Å². The lowest BCUT2D eigenvalue weighted by molar-refractivity contribution is -0.129. The fourth-order valence-corrected chi connectivity index (χ4v) is 7.03. The Morgan fingerprint density at radius 3 is 1.88 bits per heavy atom. The number of carbonyl (C=O) groups is 4. The maximum atomic E-state index is 13.8. The van der Waals surface area contributed by atoms with Gasteiger partial charge in [0.1, 0.15) is 12.7 Å². The molecule has 4 amide bonds. The van der Waals surface area contributed by atoms with Gasteiger partial charge in [-0.25, -0.2) is 9.18 Å². The molecule has 6 unspecified atom stereocenters. The third-order valence-electron chi connectivity index (χ3n) is 9.70. The van der Waals surface area contributed by atoms with Crippen molar-refractivity contribution in [2.24, 2.45) is 17.8 Å². The zero-order chi connectivity index (χ0) is 45.8. The zero-order valence-electron chi connectivity index (χ0n) is 40.1. The molecule has 11 heteroatoms. The minimum atomic E-state index is -1.43. The number of hydrogen-bond acceptors (Lipinski definition) is 6. The molecule has 4 aliphatic rings. The first-order chi connectivity index (χ1) is 27.6. The van der Waals surface area contributed by atoms with E-state index >= 15 is 0 Å². The Morgan fingerprint density at radius 2 is 1.33 bits per heavy atom. The van der Waals surface area contributed by atoms with E-state index in [1.165, 1.54) is 13.3 Å². The van der Waals surface area contributed by atoms with Crippen molar-refractivity contribution in [3.8, 4) is 11.8 Å². The summed E-state index contributed by atoms with van der Waals surface area (Å²) in [5.41, 5.74) is -2.09. The summed E-state index contributed by atoms with van der Waals surface area (Å²) >= 11 is 0. The minimum absolute atomic E-state index is 0.0262. The number of alkyl halides is 1. The molecule has 60 heavy (non-hydrogen) atoms. The second-order valence-electron chi connectivity index (χ2n) is 21.2. The van der Waals surface area contributed by atoms with E-state index in [4.69, 9.17) is 9.47 Å². The van der Waals surface area contributed by atoms with Crippen LogP contribution in [-0.4, -0.2) is 70.5 Å². The van der Waals surface area contributed by atoms with Gasteiger partial charge in [0.05, 0.1) is 6.10 Å². The summed E-state index contributed by atoms with van der Waals surface area (Å²) in [4.78, 5) is 46.2. The SMILES string of the molecule is CC(C)(C)NC(=O)C1CC2C=CC1C2.CC(C)(C)NC(=O)OC1CC/C=C/CCC1.CC1(F)C#CCCC(OCC(=O)NC(C)(C)C)CC1.CCCCC(=O)NC(C)(C)C. The van der Waals surface area contributed by atoms with Gasteiger partial charge in [-0.3, -0.25) is 14.4 Å². The standard InChI is InChI=1S/C15H24FNO2.C13H23NO2.C12H19NO.C9H19NO/c1-14(2,3)17-13(18)11-19-12-7-5-6-9-15(4,16)10-8-12;1-13(2,3)14-12(15)16-11-9-7-5-4-6-8-10-11;1-12(2,3)13-11(14)10-7-8-4-5-9(10)6-8;1-5-6-7-8(11)10-9(2,3)4/h12H,5,7-8,10-11H2,1-4H3,(H,17,18);4-5,11H,6-10H2,1-3H3,(H,14,15);4-5,8-10H,6-7H2,1-3H3,(H,13,14);5-7H2,1-4H3,(H,10,11)/b;5-4+;;. The molecule has 0 aromatic heterocycles. The van der Waals surface area contributed by atoms with E-state index in [0.717, 1.165) is 57.8 Å². The largest absolute Gasteiger partial charge is 0.446 e. The molecule has 10 nitrogen and oxygen atoms in total. The Kier molecular flexibility index (Phi) is 23.2. The molecule has 4 rings (SSSR count). The fourth-order valence-electron chi connectivity index (χ4n) is 7.03. The Labute approximate surface area is 364 Å². The van der Waals surface area contributed by atoms with Crippen LogP contribution in [0, 0.1) is 29.6 Å². The molecule has 0 radical (unpaired) electrons. The summed E-state index contributed by atoms with van der Waals surface area (Å²) < 4.78 is 24.8. The van der Waals surface area contributed by atoms with E-state index < -0.39 is 5.67 Å². The number of carbonyl (C=O) groups excluding carboxylic acids is 4. The van der Waals surface area contributed by atoms with Crippen LogP contribution in [0.2, 0.25) is 0 Å². The molecule has 0 saturated heterocycles. The third-order valence-corrected chi connectivity index (χ3v) is 9.70. The van der Waals surface area contributed by atoms with Crippen molar-refractivity contribution >= 4 is 23.8 Å². The predicted molar refractivity (Wildman–Crippen MR) is 243 cm³/mol. The molecule has 2 bridgehead atoms. The molecule has 0 heterocycles. The molecule has 0 spiro atoms. The van der Waals surface area contributed by atoms with E-state index in [1.807, 2.05) is 83.1 Å². The smallest absolute Gasteiger partial charge is 0.407 e. The van der Waals surface area contributed by atoms with Gasteiger partial charge in [0, 0.05) is 40.9 Å². The van der Waals surface area contributed by atoms with Crippen LogP contribution < -0.4 is 21.3 Å². The molecule has 4 aliphatic carbocycles. The molecule has 344 valence electrons. The lowest BCUT2D eigenvalue weighted by Gasteiger charge is -2.25. The van der Waals surface area contributed by atoms with Crippen LogP contribution in [0.5, 0.6) is 0 Å². The molecule has 1 saturated carbocycles. The number of unbranched alkanes of at least 4 members (excludes halogenated alkanes) is 1. The first-order valence-electron chi connectivity index (χ1n) is 22.6. The maximum absolute atomic E-state index is 13.8. The number of allylic oxidation sites excluding steroid dienone is 4. The Balaban J connectivity index is 0.000000407. The number of rotatable bonds is 8. The van der Waals surface area contributed by atoms with Crippen LogP contribution >= 0.6 is 0 Å². The van der Waals surface area contributed by atoms with Crippen LogP contribution in [-0.2, 0) is 23.9 Å². The fraction of sp³-hybridized carbons (Fsp3) is 0.796. The highest BCUT2D eigenvalue weighted by molar-refractivity contribution is 5.80. The Bertz CT molecular complexity index is 1450. The van der Waals surface area contributed by atoms with E-state index in [1.54, 1.807) is 0 Å². The van der Waals surface area contributed by atoms with Gasteiger partial charge in [-0.1, -0.05) is 49.5 Å². The average Bonchev–Trinajstić information content (AvgIpc) is 3.69. The van der Waals surface area contributed by atoms with Crippen LogP contribution in [0.15, 0.2) is 24.3 Å². The highest BCUT2D eigenvalue weighted by Crippen LogP contribution is 2.43. The molecule has 0 aliphatic heterocycles. The van der Waals surface area contributed by atoms with Gasteiger partial charge in [0.25, 0.3) is 0 Å².